The first-order valence-electron chi connectivity index (χ1n) is 8.36. The molecule has 26 heavy (non-hydrogen) atoms. The van der Waals surface area contributed by atoms with E-state index in [1.165, 1.54) is 22.2 Å². The second-order valence-corrected chi connectivity index (χ2v) is 6.72. The van der Waals surface area contributed by atoms with Gasteiger partial charge in [0.1, 0.15) is 16.6 Å². The van der Waals surface area contributed by atoms with Crippen LogP contribution in [0, 0.1) is 0 Å². The normalized spacial score (nSPS) is 12.1. The van der Waals surface area contributed by atoms with Gasteiger partial charge in [-0.25, -0.2) is 9.78 Å². The minimum atomic E-state index is -0.727. The maximum absolute atomic E-state index is 13.0. The molecule has 1 atom stereocenters. The van der Waals surface area contributed by atoms with Gasteiger partial charge in [0, 0.05) is 10.9 Å². The molecule has 0 N–H and O–H groups in total. The second kappa shape index (κ2) is 7.70. The maximum Gasteiger partial charge on any atom is 0.328 e. The summed E-state index contributed by atoms with van der Waals surface area (Å²) in [5.41, 5.74) is 1.45. The average Bonchev–Trinajstić information content (AvgIpc) is 3.11. The largest absolute Gasteiger partial charge is 0.497 e. The zero-order valence-corrected chi connectivity index (χ0v) is 15.7. The van der Waals surface area contributed by atoms with E-state index in [1.54, 1.807) is 14.0 Å². The Labute approximate surface area is 155 Å². The third-order valence-electron chi connectivity index (χ3n) is 4.13. The van der Waals surface area contributed by atoms with Crippen molar-refractivity contribution in [1.82, 2.24) is 9.55 Å². The van der Waals surface area contributed by atoms with Crippen molar-refractivity contribution < 1.29 is 14.3 Å². The summed E-state index contributed by atoms with van der Waals surface area (Å²) in [5.74, 6) is 0.312. The first kappa shape index (κ1) is 18.1. The zero-order chi connectivity index (χ0) is 18.7. The number of methoxy groups -OCH3 is 1. The molecule has 0 radical (unpaired) electrons. The van der Waals surface area contributed by atoms with Crippen LogP contribution in [-0.2, 0) is 9.53 Å². The number of benzene rings is 1. The van der Waals surface area contributed by atoms with Crippen molar-refractivity contribution in [2.75, 3.05) is 13.7 Å². The Hall–Kier alpha value is -2.67. The molecule has 0 spiro atoms. The highest BCUT2D eigenvalue weighted by Gasteiger charge is 2.21. The SMILES string of the molecule is CCCOC(=O)[C@@H](C)n1cnc2scc(-c3ccc(OC)cc3)c2c1=O. The highest BCUT2D eigenvalue weighted by Crippen LogP contribution is 2.31. The van der Waals surface area contributed by atoms with Gasteiger partial charge in [-0.05, 0) is 31.0 Å². The third-order valence-corrected chi connectivity index (χ3v) is 5.01. The molecule has 136 valence electrons. The van der Waals surface area contributed by atoms with Gasteiger partial charge >= 0.3 is 5.97 Å². The van der Waals surface area contributed by atoms with Crippen LogP contribution in [0.4, 0.5) is 0 Å². The molecule has 0 bridgehead atoms. The fourth-order valence-electron chi connectivity index (χ4n) is 2.64. The van der Waals surface area contributed by atoms with Gasteiger partial charge in [0.25, 0.3) is 5.56 Å². The number of rotatable bonds is 6. The molecule has 0 fully saturated rings. The lowest BCUT2D eigenvalue weighted by molar-refractivity contribution is -0.147. The number of fused-ring (bicyclic) bond motifs is 1. The van der Waals surface area contributed by atoms with Gasteiger partial charge in [0.05, 0.1) is 25.4 Å². The van der Waals surface area contributed by atoms with E-state index in [0.717, 1.165) is 23.3 Å². The van der Waals surface area contributed by atoms with E-state index in [4.69, 9.17) is 9.47 Å². The van der Waals surface area contributed by atoms with Crippen molar-refractivity contribution in [2.24, 2.45) is 0 Å². The van der Waals surface area contributed by atoms with Gasteiger partial charge < -0.3 is 9.47 Å². The number of thiophene rings is 1. The first-order valence-corrected chi connectivity index (χ1v) is 9.24. The Balaban J connectivity index is 2.05. The molecule has 1 aromatic carbocycles. The Morgan fingerprint density at radius 2 is 2.04 bits per heavy atom. The molecule has 6 nitrogen and oxygen atoms in total. The van der Waals surface area contributed by atoms with E-state index >= 15 is 0 Å². The fraction of sp³-hybridized carbons (Fsp3) is 0.316. The molecule has 0 aliphatic rings. The molecular weight excluding hydrogens is 352 g/mol. The Bertz CT molecular complexity index is 975. The standard InChI is InChI=1S/C19H20N2O4S/c1-4-9-25-19(23)12(2)21-11-20-17-16(18(21)22)15(10-26-17)13-5-7-14(24-3)8-6-13/h5-8,10-12H,4,9H2,1-3H3/t12-/m1/s1. The van der Waals surface area contributed by atoms with Crippen LogP contribution in [0.1, 0.15) is 26.3 Å². The van der Waals surface area contributed by atoms with Crippen LogP contribution in [0.2, 0.25) is 0 Å². The lowest BCUT2D eigenvalue weighted by Gasteiger charge is -2.14. The lowest BCUT2D eigenvalue weighted by Crippen LogP contribution is -2.29. The molecule has 2 heterocycles. The maximum atomic E-state index is 13.0. The van der Waals surface area contributed by atoms with Crippen LogP contribution in [0.25, 0.3) is 21.3 Å². The van der Waals surface area contributed by atoms with E-state index in [9.17, 15) is 9.59 Å². The number of carbonyl (C=O) groups is 1. The lowest BCUT2D eigenvalue weighted by atomic mass is 10.1. The van der Waals surface area contributed by atoms with Crippen molar-refractivity contribution in [3.8, 4) is 16.9 Å². The third kappa shape index (κ3) is 3.35. The molecule has 0 unspecified atom stereocenters. The average molecular weight is 372 g/mol. The number of hydrogen-bond acceptors (Lipinski definition) is 6. The summed E-state index contributed by atoms with van der Waals surface area (Å²) >= 11 is 1.40. The molecule has 3 aromatic rings. The van der Waals surface area contributed by atoms with Crippen LogP contribution >= 0.6 is 11.3 Å². The van der Waals surface area contributed by atoms with E-state index in [2.05, 4.69) is 4.98 Å². The highest BCUT2D eigenvalue weighted by atomic mass is 32.1. The fourth-order valence-corrected chi connectivity index (χ4v) is 3.55. The second-order valence-electron chi connectivity index (χ2n) is 5.86. The first-order chi connectivity index (χ1) is 12.6. The number of carbonyl (C=O) groups excluding carboxylic acids is 1. The van der Waals surface area contributed by atoms with Gasteiger partial charge in [-0.2, -0.15) is 0 Å². The molecular formula is C19H20N2O4S. The summed E-state index contributed by atoms with van der Waals surface area (Å²) in [7, 11) is 1.61. The number of ether oxygens (including phenoxy) is 2. The van der Waals surface area contributed by atoms with Crippen molar-refractivity contribution in [2.45, 2.75) is 26.3 Å². The quantitative estimate of drug-likeness (QED) is 0.618. The Kier molecular flexibility index (Phi) is 5.37. The molecule has 3 rings (SSSR count). The van der Waals surface area contributed by atoms with Gasteiger partial charge in [-0.1, -0.05) is 19.1 Å². The summed E-state index contributed by atoms with van der Waals surface area (Å²) in [4.78, 5) is 30.2. The van der Waals surface area contributed by atoms with E-state index < -0.39 is 12.0 Å². The van der Waals surface area contributed by atoms with Crippen LogP contribution < -0.4 is 10.3 Å². The van der Waals surface area contributed by atoms with E-state index in [1.807, 2.05) is 36.6 Å². The summed E-state index contributed by atoms with van der Waals surface area (Å²) in [5, 5.41) is 2.42. The summed E-state index contributed by atoms with van der Waals surface area (Å²) in [6, 6.07) is 6.76. The van der Waals surface area contributed by atoms with E-state index in [0.29, 0.717) is 16.8 Å². The van der Waals surface area contributed by atoms with Gasteiger partial charge in [0.2, 0.25) is 0 Å². The Morgan fingerprint density at radius 3 is 2.69 bits per heavy atom. The monoisotopic (exact) mass is 372 g/mol. The van der Waals surface area contributed by atoms with Gasteiger partial charge in [0.15, 0.2) is 0 Å². The molecule has 2 aromatic heterocycles. The Morgan fingerprint density at radius 1 is 1.31 bits per heavy atom. The molecule has 0 saturated heterocycles. The van der Waals surface area contributed by atoms with Crippen LogP contribution in [0.5, 0.6) is 5.75 Å². The topological polar surface area (TPSA) is 70.4 Å². The van der Waals surface area contributed by atoms with Gasteiger partial charge in [-0.15, -0.1) is 11.3 Å². The number of hydrogen-bond donors (Lipinski definition) is 0. The number of aromatic nitrogens is 2. The molecule has 0 aliphatic heterocycles. The minimum absolute atomic E-state index is 0.247. The predicted molar refractivity (Wildman–Crippen MR) is 102 cm³/mol. The van der Waals surface area contributed by atoms with Crippen molar-refractivity contribution in [1.29, 1.82) is 0 Å². The summed E-state index contributed by atoms with van der Waals surface area (Å²) in [6.45, 7) is 3.90. The minimum Gasteiger partial charge on any atom is -0.497 e. The smallest absolute Gasteiger partial charge is 0.328 e. The number of esters is 1. The zero-order valence-electron chi connectivity index (χ0n) is 14.9. The highest BCUT2D eigenvalue weighted by molar-refractivity contribution is 7.17. The summed E-state index contributed by atoms with van der Waals surface area (Å²) in [6.07, 6.45) is 2.15. The van der Waals surface area contributed by atoms with Crippen molar-refractivity contribution in [3.05, 3.63) is 46.3 Å². The molecule has 0 aliphatic carbocycles. The molecule has 0 saturated carbocycles. The van der Waals surface area contributed by atoms with E-state index in [-0.39, 0.29) is 5.56 Å². The predicted octanol–water partition coefficient (Wildman–Crippen LogP) is 3.65. The number of nitrogens with zero attached hydrogens (tertiary/aromatic N) is 2. The molecule has 0 amide bonds. The van der Waals surface area contributed by atoms with Gasteiger partial charge in [-0.3, -0.25) is 9.36 Å². The van der Waals surface area contributed by atoms with Crippen molar-refractivity contribution >= 4 is 27.5 Å². The van der Waals surface area contributed by atoms with Crippen LogP contribution in [-0.4, -0.2) is 29.2 Å². The van der Waals surface area contributed by atoms with Crippen molar-refractivity contribution in [3.63, 3.8) is 0 Å². The van der Waals surface area contributed by atoms with Crippen LogP contribution in [0.15, 0.2) is 40.8 Å². The summed E-state index contributed by atoms with van der Waals surface area (Å²) < 4.78 is 11.7. The molecule has 7 heteroatoms. The van der Waals surface area contributed by atoms with Crippen LogP contribution in [0.3, 0.4) is 0 Å².